The van der Waals surface area contributed by atoms with E-state index in [1.807, 2.05) is 14.2 Å². The van der Waals surface area contributed by atoms with E-state index in [1.165, 1.54) is 51.4 Å². The third-order valence-electron chi connectivity index (χ3n) is 5.65. The normalized spacial score (nSPS) is 37.3. The Morgan fingerprint density at radius 2 is 1.16 bits per heavy atom. The summed E-state index contributed by atoms with van der Waals surface area (Å²) in [4.78, 5) is 0. The molecule has 3 heteroatoms. The molecule has 0 saturated heterocycles. The highest BCUT2D eigenvalue weighted by molar-refractivity contribution is 6.70. The topological polar surface area (TPSA) is 18.5 Å². The van der Waals surface area contributed by atoms with Crippen molar-refractivity contribution in [3.8, 4) is 0 Å². The van der Waals surface area contributed by atoms with Gasteiger partial charge in [-0.1, -0.05) is 39.5 Å². The van der Waals surface area contributed by atoms with Gasteiger partial charge in [0.25, 0.3) is 0 Å². The minimum atomic E-state index is -2.03. The summed E-state index contributed by atoms with van der Waals surface area (Å²) < 4.78 is 12.4. The molecule has 0 spiro atoms. The average molecular weight is 285 g/mol. The van der Waals surface area contributed by atoms with Crippen LogP contribution >= 0.6 is 0 Å². The first kappa shape index (κ1) is 15.5. The van der Waals surface area contributed by atoms with Gasteiger partial charge in [-0.25, -0.2) is 0 Å². The number of rotatable bonds is 4. The van der Waals surface area contributed by atoms with E-state index in [4.69, 9.17) is 8.85 Å². The molecule has 0 aromatic rings. The highest BCUT2D eigenvalue weighted by atomic mass is 28.4. The Bertz CT molecular complexity index is 254. The van der Waals surface area contributed by atoms with Crippen molar-refractivity contribution in [3.05, 3.63) is 0 Å². The maximum absolute atomic E-state index is 6.18. The molecule has 19 heavy (non-hydrogen) atoms. The van der Waals surface area contributed by atoms with E-state index >= 15 is 0 Å². The van der Waals surface area contributed by atoms with E-state index in [2.05, 4.69) is 13.8 Å². The van der Waals surface area contributed by atoms with E-state index < -0.39 is 8.56 Å². The fourth-order valence-corrected chi connectivity index (χ4v) is 9.52. The molecule has 2 nitrogen and oxygen atoms in total. The molecule has 4 unspecified atom stereocenters. The summed E-state index contributed by atoms with van der Waals surface area (Å²) in [6.07, 6.45) is 10.9. The predicted octanol–water partition coefficient (Wildman–Crippen LogP) is 4.88. The van der Waals surface area contributed by atoms with E-state index in [-0.39, 0.29) is 0 Å². The molecule has 0 aromatic carbocycles. The van der Waals surface area contributed by atoms with Crippen molar-refractivity contribution in [1.82, 2.24) is 0 Å². The van der Waals surface area contributed by atoms with Gasteiger partial charge in [-0.05, 0) is 37.5 Å². The second-order valence-electron chi connectivity index (χ2n) is 7.07. The van der Waals surface area contributed by atoms with Crippen LogP contribution in [0.4, 0.5) is 0 Å². The molecule has 0 bridgehead atoms. The fourth-order valence-electron chi connectivity index (χ4n) is 4.68. The van der Waals surface area contributed by atoms with E-state index in [0.717, 1.165) is 22.9 Å². The summed E-state index contributed by atoms with van der Waals surface area (Å²) in [6.45, 7) is 4.81. The quantitative estimate of drug-likeness (QED) is 0.685. The first-order chi connectivity index (χ1) is 9.12. The van der Waals surface area contributed by atoms with Crippen LogP contribution in [-0.2, 0) is 8.85 Å². The lowest BCUT2D eigenvalue weighted by atomic mass is 9.90. The van der Waals surface area contributed by atoms with E-state index in [9.17, 15) is 0 Å². The molecule has 2 rings (SSSR count). The van der Waals surface area contributed by atoms with Gasteiger partial charge in [0, 0.05) is 25.3 Å². The maximum Gasteiger partial charge on any atom is 0.344 e. The van der Waals surface area contributed by atoms with Crippen LogP contribution in [0.2, 0.25) is 11.1 Å². The summed E-state index contributed by atoms with van der Waals surface area (Å²) >= 11 is 0. The average Bonchev–Trinajstić information content (AvgIpc) is 2.41. The molecule has 0 amide bonds. The highest BCUT2D eigenvalue weighted by Crippen LogP contribution is 2.50. The molecule has 0 aromatic heterocycles. The molecule has 2 aliphatic rings. The van der Waals surface area contributed by atoms with Gasteiger partial charge in [-0.2, -0.15) is 0 Å². The molecule has 0 aliphatic heterocycles. The third-order valence-corrected chi connectivity index (χ3v) is 10.2. The van der Waals surface area contributed by atoms with Crippen LogP contribution in [0.1, 0.15) is 65.2 Å². The van der Waals surface area contributed by atoms with Crippen LogP contribution in [0.25, 0.3) is 0 Å². The SMILES string of the molecule is CO[Si](OC)(C1CCCC(C)C1)C1CCCC(C)C1. The lowest BCUT2D eigenvalue weighted by Crippen LogP contribution is -2.51. The third kappa shape index (κ3) is 3.25. The van der Waals surface area contributed by atoms with Gasteiger partial charge in [0.15, 0.2) is 0 Å². The zero-order valence-corrected chi connectivity index (χ0v) is 14.3. The Labute approximate surface area is 120 Å². The molecule has 2 aliphatic carbocycles. The second kappa shape index (κ2) is 6.73. The number of hydrogen-bond acceptors (Lipinski definition) is 2. The standard InChI is InChI=1S/C16H32O2Si/c1-13-7-5-9-15(11-13)19(17-3,18-4)16-10-6-8-14(2)12-16/h13-16H,5-12H2,1-4H3. The summed E-state index contributed by atoms with van der Waals surface area (Å²) in [7, 11) is 1.82. The highest BCUT2D eigenvalue weighted by Gasteiger charge is 2.52. The van der Waals surface area contributed by atoms with Crippen LogP contribution < -0.4 is 0 Å². The zero-order valence-electron chi connectivity index (χ0n) is 13.3. The lowest BCUT2D eigenvalue weighted by molar-refractivity contribution is 0.179. The number of hydrogen-bond donors (Lipinski definition) is 0. The fraction of sp³-hybridized carbons (Fsp3) is 1.00. The van der Waals surface area contributed by atoms with Gasteiger partial charge in [0.05, 0.1) is 0 Å². The maximum atomic E-state index is 6.18. The van der Waals surface area contributed by atoms with Crippen LogP contribution in [0.3, 0.4) is 0 Å². The van der Waals surface area contributed by atoms with Gasteiger partial charge in [-0.15, -0.1) is 0 Å². The second-order valence-corrected chi connectivity index (χ2v) is 11.0. The molecular weight excluding hydrogens is 252 g/mol. The van der Waals surface area contributed by atoms with Crippen LogP contribution in [0, 0.1) is 11.8 Å². The zero-order chi connectivity index (χ0) is 13.9. The molecule has 112 valence electrons. The monoisotopic (exact) mass is 284 g/mol. The molecule has 4 atom stereocenters. The Morgan fingerprint density at radius 3 is 1.47 bits per heavy atom. The summed E-state index contributed by atoms with van der Waals surface area (Å²) in [6, 6.07) is 0. The van der Waals surface area contributed by atoms with Crippen LogP contribution in [0.5, 0.6) is 0 Å². The summed E-state index contributed by atoms with van der Waals surface area (Å²) in [5.41, 5.74) is 1.45. The van der Waals surface area contributed by atoms with Crippen molar-refractivity contribution < 1.29 is 8.85 Å². The van der Waals surface area contributed by atoms with Crippen molar-refractivity contribution in [3.63, 3.8) is 0 Å². The van der Waals surface area contributed by atoms with Gasteiger partial charge in [0.2, 0.25) is 0 Å². The lowest BCUT2D eigenvalue weighted by Gasteiger charge is -2.45. The molecule has 0 radical (unpaired) electrons. The van der Waals surface area contributed by atoms with Gasteiger partial charge in [0.1, 0.15) is 0 Å². The van der Waals surface area contributed by atoms with Crippen molar-refractivity contribution in [2.75, 3.05) is 14.2 Å². The Balaban J connectivity index is 2.15. The van der Waals surface area contributed by atoms with Crippen molar-refractivity contribution in [2.24, 2.45) is 11.8 Å². The smallest absolute Gasteiger partial charge is 0.344 e. The Kier molecular flexibility index (Phi) is 5.50. The minimum absolute atomic E-state index is 0.724. The van der Waals surface area contributed by atoms with E-state index in [1.54, 1.807) is 0 Å². The first-order valence-electron chi connectivity index (χ1n) is 8.22. The first-order valence-corrected chi connectivity index (χ1v) is 10.2. The minimum Gasteiger partial charge on any atom is -0.397 e. The molecule has 0 heterocycles. The van der Waals surface area contributed by atoms with Crippen LogP contribution in [0.15, 0.2) is 0 Å². The predicted molar refractivity (Wildman–Crippen MR) is 82.5 cm³/mol. The van der Waals surface area contributed by atoms with Crippen LogP contribution in [-0.4, -0.2) is 22.8 Å². The Hall–Kier alpha value is 0.137. The van der Waals surface area contributed by atoms with Gasteiger partial charge < -0.3 is 8.85 Å². The van der Waals surface area contributed by atoms with Crippen molar-refractivity contribution >= 4 is 8.56 Å². The van der Waals surface area contributed by atoms with Crippen molar-refractivity contribution in [1.29, 1.82) is 0 Å². The molecule has 2 saturated carbocycles. The summed E-state index contributed by atoms with van der Waals surface area (Å²) in [5.74, 6) is 1.72. The molecule has 0 N–H and O–H groups in total. The molecular formula is C16H32O2Si. The summed E-state index contributed by atoms with van der Waals surface area (Å²) in [5, 5.41) is 0. The molecule has 2 fully saturated rings. The van der Waals surface area contributed by atoms with Gasteiger partial charge in [-0.3, -0.25) is 0 Å². The Morgan fingerprint density at radius 1 is 0.737 bits per heavy atom. The van der Waals surface area contributed by atoms with Crippen molar-refractivity contribution in [2.45, 2.75) is 76.3 Å². The largest absolute Gasteiger partial charge is 0.397 e. The van der Waals surface area contributed by atoms with E-state index in [0.29, 0.717) is 0 Å². The van der Waals surface area contributed by atoms with Gasteiger partial charge >= 0.3 is 8.56 Å².